The van der Waals surface area contributed by atoms with E-state index in [0.717, 1.165) is 18.6 Å². The molecule has 1 atom stereocenters. The van der Waals surface area contributed by atoms with E-state index in [0.29, 0.717) is 6.04 Å². The van der Waals surface area contributed by atoms with Gasteiger partial charge in [-0.2, -0.15) is 0 Å². The summed E-state index contributed by atoms with van der Waals surface area (Å²) in [5, 5.41) is 3.44. The Hall–Kier alpha value is -1.80. The molecule has 0 aliphatic heterocycles. The van der Waals surface area contributed by atoms with Crippen LogP contribution in [0.15, 0.2) is 42.5 Å². The van der Waals surface area contributed by atoms with Crippen LogP contribution in [-0.4, -0.2) is 14.2 Å². The third-order valence-corrected chi connectivity index (χ3v) is 3.97. The molecule has 2 heteroatoms. The van der Waals surface area contributed by atoms with E-state index in [4.69, 9.17) is 4.74 Å². The fourth-order valence-electron chi connectivity index (χ4n) is 2.94. The van der Waals surface area contributed by atoms with Gasteiger partial charge >= 0.3 is 0 Å². The third kappa shape index (κ3) is 3.85. The Labute approximate surface area is 128 Å². The van der Waals surface area contributed by atoms with Crippen LogP contribution in [0.25, 0.3) is 0 Å². The lowest BCUT2D eigenvalue weighted by Gasteiger charge is -2.22. The zero-order valence-electron chi connectivity index (χ0n) is 13.4. The number of rotatable bonds is 6. The SMILES string of the molecule is CNC(CCc1ccccc1)c1c(C)cc(C)cc1OC. The summed E-state index contributed by atoms with van der Waals surface area (Å²) in [4.78, 5) is 0. The minimum absolute atomic E-state index is 0.306. The fourth-order valence-corrected chi connectivity index (χ4v) is 2.94. The molecule has 0 saturated heterocycles. The molecule has 0 heterocycles. The molecular weight excluding hydrogens is 258 g/mol. The molecule has 2 rings (SSSR count). The second kappa shape index (κ2) is 7.28. The lowest BCUT2D eigenvalue weighted by Crippen LogP contribution is -2.19. The zero-order valence-corrected chi connectivity index (χ0v) is 13.4. The summed E-state index contributed by atoms with van der Waals surface area (Å²) in [5.41, 5.74) is 5.19. The molecule has 1 unspecified atom stereocenters. The number of benzene rings is 2. The van der Waals surface area contributed by atoms with Gasteiger partial charge in [-0.15, -0.1) is 0 Å². The molecule has 0 radical (unpaired) electrons. The molecule has 1 N–H and O–H groups in total. The van der Waals surface area contributed by atoms with E-state index in [1.807, 2.05) is 7.05 Å². The lowest BCUT2D eigenvalue weighted by molar-refractivity contribution is 0.397. The summed E-state index contributed by atoms with van der Waals surface area (Å²) in [6, 6.07) is 15.3. The minimum atomic E-state index is 0.306. The van der Waals surface area contributed by atoms with Crippen LogP contribution in [0.2, 0.25) is 0 Å². The van der Waals surface area contributed by atoms with Crippen LogP contribution >= 0.6 is 0 Å². The average molecular weight is 283 g/mol. The van der Waals surface area contributed by atoms with E-state index in [-0.39, 0.29) is 0 Å². The first-order valence-corrected chi connectivity index (χ1v) is 7.52. The van der Waals surface area contributed by atoms with Crippen LogP contribution in [0.5, 0.6) is 5.75 Å². The Morgan fingerprint density at radius 2 is 1.81 bits per heavy atom. The van der Waals surface area contributed by atoms with E-state index in [1.54, 1.807) is 7.11 Å². The molecule has 0 saturated carbocycles. The zero-order chi connectivity index (χ0) is 15.2. The van der Waals surface area contributed by atoms with Gasteiger partial charge in [0.2, 0.25) is 0 Å². The number of hydrogen-bond acceptors (Lipinski definition) is 2. The molecule has 2 aromatic carbocycles. The van der Waals surface area contributed by atoms with Crippen molar-refractivity contribution in [2.45, 2.75) is 32.7 Å². The topological polar surface area (TPSA) is 21.3 Å². The molecule has 21 heavy (non-hydrogen) atoms. The highest BCUT2D eigenvalue weighted by Gasteiger charge is 2.17. The minimum Gasteiger partial charge on any atom is -0.496 e. The first kappa shape index (κ1) is 15.6. The summed E-state index contributed by atoms with van der Waals surface area (Å²) in [7, 11) is 3.77. The maximum Gasteiger partial charge on any atom is 0.124 e. The van der Waals surface area contributed by atoms with Gasteiger partial charge in [-0.1, -0.05) is 36.4 Å². The normalized spacial score (nSPS) is 12.2. The van der Waals surface area contributed by atoms with Crippen LogP contribution in [0, 0.1) is 13.8 Å². The van der Waals surface area contributed by atoms with Crippen LogP contribution in [-0.2, 0) is 6.42 Å². The van der Waals surface area contributed by atoms with Crippen molar-refractivity contribution < 1.29 is 4.74 Å². The van der Waals surface area contributed by atoms with Crippen LogP contribution in [0.3, 0.4) is 0 Å². The second-order valence-corrected chi connectivity index (χ2v) is 5.56. The van der Waals surface area contributed by atoms with Crippen molar-refractivity contribution in [1.29, 1.82) is 0 Å². The van der Waals surface area contributed by atoms with Crippen molar-refractivity contribution in [3.63, 3.8) is 0 Å². The maximum atomic E-state index is 5.60. The largest absolute Gasteiger partial charge is 0.496 e. The summed E-state index contributed by atoms with van der Waals surface area (Å²) in [6.45, 7) is 4.27. The van der Waals surface area contributed by atoms with Gasteiger partial charge in [0.05, 0.1) is 7.11 Å². The first-order valence-electron chi connectivity index (χ1n) is 7.52. The molecular formula is C19H25NO. The summed E-state index contributed by atoms with van der Waals surface area (Å²) >= 11 is 0. The number of nitrogens with one attached hydrogen (secondary N) is 1. The Morgan fingerprint density at radius 1 is 1.10 bits per heavy atom. The van der Waals surface area contributed by atoms with Gasteiger partial charge in [-0.05, 0) is 56.5 Å². The van der Waals surface area contributed by atoms with Gasteiger partial charge in [0.15, 0.2) is 0 Å². The third-order valence-electron chi connectivity index (χ3n) is 3.97. The van der Waals surface area contributed by atoms with Gasteiger partial charge in [0, 0.05) is 11.6 Å². The summed E-state index contributed by atoms with van der Waals surface area (Å²) < 4.78 is 5.60. The molecule has 0 fully saturated rings. The predicted octanol–water partition coefficient (Wildman–Crippen LogP) is 4.21. The van der Waals surface area contributed by atoms with E-state index in [9.17, 15) is 0 Å². The van der Waals surface area contributed by atoms with Gasteiger partial charge < -0.3 is 10.1 Å². The van der Waals surface area contributed by atoms with Crippen LogP contribution < -0.4 is 10.1 Å². The van der Waals surface area contributed by atoms with Crippen molar-refractivity contribution in [3.8, 4) is 5.75 Å². The van der Waals surface area contributed by atoms with Crippen molar-refractivity contribution in [3.05, 3.63) is 64.7 Å². The molecule has 0 aliphatic carbocycles. The fraction of sp³-hybridized carbons (Fsp3) is 0.368. The van der Waals surface area contributed by atoms with Gasteiger partial charge in [0.1, 0.15) is 5.75 Å². The summed E-state index contributed by atoms with van der Waals surface area (Å²) in [5.74, 6) is 0.986. The van der Waals surface area contributed by atoms with Gasteiger partial charge in [0.25, 0.3) is 0 Å². The molecule has 112 valence electrons. The molecule has 2 aromatic rings. The molecule has 0 amide bonds. The molecule has 0 aliphatic rings. The van der Waals surface area contributed by atoms with Crippen LogP contribution in [0.1, 0.15) is 34.7 Å². The molecule has 0 aromatic heterocycles. The molecule has 2 nitrogen and oxygen atoms in total. The predicted molar refractivity (Wildman–Crippen MR) is 89.0 cm³/mol. The van der Waals surface area contributed by atoms with Crippen LogP contribution in [0.4, 0.5) is 0 Å². The van der Waals surface area contributed by atoms with E-state index in [1.165, 1.54) is 22.3 Å². The molecule has 0 bridgehead atoms. The smallest absolute Gasteiger partial charge is 0.124 e. The van der Waals surface area contributed by atoms with E-state index >= 15 is 0 Å². The van der Waals surface area contributed by atoms with Crippen molar-refractivity contribution in [2.75, 3.05) is 14.2 Å². The highest BCUT2D eigenvalue weighted by atomic mass is 16.5. The number of methoxy groups -OCH3 is 1. The Morgan fingerprint density at radius 3 is 2.43 bits per heavy atom. The Kier molecular flexibility index (Phi) is 5.40. The van der Waals surface area contributed by atoms with Crippen molar-refractivity contribution in [2.24, 2.45) is 0 Å². The number of ether oxygens (including phenoxy) is 1. The maximum absolute atomic E-state index is 5.60. The highest BCUT2D eigenvalue weighted by molar-refractivity contribution is 5.45. The first-order chi connectivity index (χ1) is 10.2. The monoisotopic (exact) mass is 283 g/mol. The molecule has 0 spiro atoms. The Balaban J connectivity index is 2.21. The van der Waals surface area contributed by atoms with Crippen molar-refractivity contribution >= 4 is 0 Å². The van der Waals surface area contributed by atoms with Gasteiger partial charge in [-0.25, -0.2) is 0 Å². The van der Waals surface area contributed by atoms with E-state index < -0.39 is 0 Å². The quantitative estimate of drug-likeness (QED) is 0.857. The average Bonchev–Trinajstić information content (AvgIpc) is 2.50. The van der Waals surface area contributed by atoms with E-state index in [2.05, 4.69) is 61.6 Å². The summed E-state index contributed by atoms with van der Waals surface area (Å²) in [6.07, 6.45) is 2.11. The standard InChI is InChI=1S/C19H25NO/c1-14-12-15(2)19(18(13-14)21-4)17(20-3)11-10-16-8-6-5-7-9-16/h5-9,12-13,17,20H,10-11H2,1-4H3. The second-order valence-electron chi connectivity index (χ2n) is 5.56. The number of hydrogen-bond donors (Lipinski definition) is 1. The highest BCUT2D eigenvalue weighted by Crippen LogP contribution is 2.32. The number of aryl methyl sites for hydroxylation is 3. The Bertz CT molecular complexity index is 578. The van der Waals surface area contributed by atoms with Gasteiger partial charge in [-0.3, -0.25) is 0 Å². The van der Waals surface area contributed by atoms with Crippen molar-refractivity contribution in [1.82, 2.24) is 5.32 Å². The lowest BCUT2D eigenvalue weighted by atomic mass is 9.93.